The monoisotopic (exact) mass is 386 g/mol. The van der Waals surface area contributed by atoms with Crippen LogP contribution in [0.1, 0.15) is 40.6 Å². The van der Waals surface area contributed by atoms with E-state index in [9.17, 15) is 9.59 Å². The predicted molar refractivity (Wildman–Crippen MR) is 102 cm³/mol. The van der Waals surface area contributed by atoms with Gasteiger partial charge in [-0.25, -0.2) is 0 Å². The Labute approximate surface area is 163 Å². The first kappa shape index (κ1) is 18.7. The highest BCUT2D eigenvalue weighted by Gasteiger charge is 2.60. The molecule has 9 nitrogen and oxygen atoms in total. The Hall–Kier alpha value is -2.68. The molecule has 2 aliphatic rings. The second kappa shape index (κ2) is 7.05. The molecule has 2 aromatic rings. The lowest BCUT2D eigenvalue weighted by Gasteiger charge is -2.15. The number of hydrogen-bond donors (Lipinski definition) is 2. The number of nitrogens with zero attached hydrogens (tertiary/aromatic N) is 4. The van der Waals surface area contributed by atoms with Crippen LogP contribution in [0, 0.1) is 17.8 Å². The Balaban J connectivity index is 1.36. The molecular weight excluding hydrogens is 360 g/mol. The van der Waals surface area contributed by atoms with Gasteiger partial charge in [0.05, 0.1) is 12.3 Å². The molecule has 0 aliphatic heterocycles. The van der Waals surface area contributed by atoms with Gasteiger partial charge in [0.1, 0.15) is 5.69 Å². The topological polar surface area (TPSA) is 105 Å². The molecule has 0 bridgehead atoms. The number of aromatic nitrogens is 4. The van der Waals surface area contributed by atoms with Gasteiger partial charge in [-0.2, -0.15) is 10.2 Å². The largest absolute Gasteiger partial charge is 0.378 e. The number of fused-ring (bicyclic) bond motifs is 1. The van der Waals surface area contributed by atoms with Crippen molar-refractivity contribution < 1.29 is 14.3 Å². The second-order valence-electron chi connectivity index (χ2n) is 7.99. The van der Waals surface area contributed by atoms with Crippen LogP contribution in [-0.2, 0) is 23.2 Å². The molecule has 0 aromatic carbocycles. The normalized spacial score (nSPS) is 25.4. The third kappa shape index (κ3) is 3.30. The van der Waals surface area contributed by atoms with Crippen LogP contribution in [0.15, 0.2) is 12.1 Å². The summed E-state index contributed by atoms with van der Waals surface area (Å²) in [5.41, 5.74) is 2.16. The van der Waals surface area contributed by atoms with Crippen LogP contribution in [-0.4, -0.2) is 57.9 Å². The van der Waals surface area contributed by atoms with E-state index in [0.29, 0.717) is 41.6 Å². The van der Waals surface area contributed by atoms with E-state index in [1.54, 1.807) is 25.1 Å². The highest BCUT2D eigenvalue weighted by Crippen LogP contribution is 2.62. The summed E-state index contributed by atoms with van der Waals surface area (Å²) in [7, 11) is 6.95. The Morgan fingerprint density at radius 3 is 2.68 bits per heavy atom. The first-order valence-electron chi connectivity index (χ1n) is 9.48. The molecule has 0 radical (unpaired) electrons. The average Bonchev–Trinajstić information content (AvgIpc) is 3.07. The molecule has 9 heteroatoms. The van der Waals surface area contributed by atoms with E-state index in [-0.39, 0.29) is 17.7 Å². The Morgan fingerprint density at radius 1 is 1.32 bits per heavy atom. The molecule has 2 heterocycles. The van der Waals surface area contributed by atoms with Crippen molar-refractivity contribution in [2.75, 3.05) is 26.5 Å². The fourth-order valence-corrected chi connectivity index (χ4v) is 4.51. The SMILES string of the molecule is COCc1cc(C(=O)Nc2cc(C3CC4C(C3)C4C(=O)N(C)C)[nH]n2)n(C)n1. The minimum absolute atomic E-state index is 0.194. The molecule has 2 saturated carbocycles. The van der Waals surface area contributed by atoms with Crippen LogP contribution in [0.2, 0.25) is 0 Å². The van der Waals surface area contributed by atoms with Crippen molar-refractivity contribution in [1.29, 1.82) is 0 Å². The number of aryl methyl sites for hydroxylation is 1. The molecule has 2 amide bonds. The highest BCUT2D eigenvalue weighted by molar-refractivity contribution is 6.02. The number of carbonyl (C=O) groups is 2. The van der Waals surface area contributed by atoms with E-state index < -0.39 is 0 Å². The van der Waals surface area contributed by atoms with Gasteiger partial charge in [0.25, 0.3) is 5.91 Å². The van der Waals surface area contributed by atoms with Crippen molar-refractivity contribution in [2.24, 2.45) is 24.8 Å². The quantitative estimate of drug-likeness (QED) is 0.780. The van der Waals surface area contributed by atoms with Gasteiger partial charge in [-0.3, -0.25) is 19.4 Å². The number of rotatable bonds is 6. The third-order valence-corrected chi connectivity index (χ3v) is 5.91. The molecule has 2 aromatic heterocycles. The van der Waals surface area contributed by atoms with Gasteiger partial charge in [0, 0.05) is 51.8 Å². The number of anilines is 1. The fraction of sp³-hybridized carbons (Fsp3) is 0.579. The van der Waals surface area contributed by atoms with E-state index in [1.807, 2.05) is 20.2 Å². The average molecular weight is 386 g/mol. The number of nitrogens with one attached hydrogen (secondary N) is 2. The summed E-state index contributed by atoms with van der Waals surface area (Å²) in [6.45, 7) is 0.356. The maximum absolute atomic E-state index is 12.5. The number of methoxy groups -OCH3 is 1. The van der Waals surface area contributed by atoms with Crippen molar-refractivity contribution in [1.82, 2.24) is 24.9 Å². The molecular formula is C19H26N6O3. The molecule has 150 valence electrons. The summed E-state index contributed by atoms with van der Waals surface area (Å²) in [4.78, 5) is 26.3. The summed E-state index contributed by atoms with van der Waals surface area (Å²) in [5, 5.41) is 14.4. The zero-order chi connectivity index (χ0) is 20.0. The summed E-state index contributed by atoms with van der Waals surface area (Å²) in [5.74, 6) is 2.00. The van der Waals surface area contributed by atoms with Crippen molar-refractivity contribution in [2.45, 2.75) is 25.4 Å². The smallest absolute Gasteiger partial charge is 0.275 e. The number of ether oxygens (including phenoxy) is 1. The van der Waals surface area contributed by atoms with Crippen molar-refractivity contribution in [3.8, 4) is 0 Å². The van der Waals surface area contributed by atoms with E-state index in [1.165, 1.54) is 4.68 Å². The Morgan fingerprint density at radius 2 is 2.04 bits per heavy atom. The summed E-state index contributed by atoms with van der Waals surface area (Å²) in [6.07, 6.45) is 1.99. The highest BCUT2D eigenvalue weighted by atomic mass is 16.5. The Bertz CT molecular complexity index is 889. The van der Waals surface area contributed by atoms with Crippen LogP contribution in [0.3, 0.4) is 0 Å². The van der Waals surface area contributed by atoms with Gasteiger partial charge in [0.2, 0.25) is 5.91 Å². The number of H-pyrrole nitrogens is 1. The standard InChI is InChI=1S/C19H26N6O3/c1-24(2)19(27)17-12-5-10(6-13(12)17)14-8-16(22-21-14)20-18(26)15-7-11(9-28-4)23-25(15)3/h7-8,10,12-13,17H,5-6,9H2,1-4H3,(H2,20,21,22,26). The third-order valence-electron chi connectivity index (χ3n) is 5.91. The molecule has 4 rings (SSSR count). The number of aromatic amines is 1. The van der Waals surface area contributed by atoms with E-state index in [2.05, 4.69) is 20.6 Å². The molecule has 0 spiro atoms. The lowest BCUT2D eigenvalue weighted by molar-refractivity contribution is -0.130. The zero-order valence-electron chi connectivity index (χ0n) is 16.6. The van der Waals surface area contributed by atoms with Gasteiger partial charge in [-0.15, -0.1) is 0 Å². The molecule has 2 aliphatic carbocycles. The summed E-state index contributed by atoms with van der Waals surface area (Å²) >= 11 is 0. The lowest BCUT2D eigenvalue weighted by atomic mass is 9.96. The lowest BCUT2D eigenvalue weighted by Crippen LogP contribution is -2.25. The van der Waals surface area contributed by atoms with Crippen LogP contribution in [0.5, 0.6) is 0 Å². The molecule has 2 fully saturated rings. The van der Waals surface area contributed by atoms with E-state index in [0.717, 1.165) is 18.5 Å². The van der Waals surface area contributed by atoms with Crippen LogP contribution in [0.25, 0.3) is 0 Å². The number of amides is 2. The van der Waals surface area contributed by atoms with Crippen molar-refractivity contribution >= 4 is 17.6 Å². The molecule has 2 atom stereocenters. The van der Waals surface area contributed by atoms with Gasteiger partial charge >= 0.3 is 0 Å². The van der Waals surface area contributed by atoms with Crippen LogP contribution in [0.4, 0.5) is 5.82 Å². The zero-order valence-corrected chi connectivity index (χ0v) is 16.6. The maximum Gasteiger partial charge on any atom is 0.275 e. The number of carbonyl (C=O) groups excluding carboxylic acids is 2. The first-order chi connectivity index (χ1) is 13.4. The summed E-state index contributed by atoms with van der Waals surface area (Å²) in [6, 6.07) is 3.60. The Kier molecular flexibility index (Phi) is 4.70. The summed E-state index contributed by atoms with van der Waals surface area (Å²) < 4.78 is 6.58. The molecule has 2 unspecified atom stereocenters. The number of hydrogen-bond acceptors (Lipinski definition) is 5. The van der Waals surface area contributed by atoms with Gasteiger partial charge < -0.3 is 15.0 Å². The van der Waals surface area contributed by atoms with Gasteiger partial charge in [-0.1, -0.05) is 0 Å². The van der Waals surface area contributed by atoms with Crippen molar-refractivity contribution in [3.05, 3.63) is 29.2 Å². The minimum atomic E-state index is -0.263. The first-order valence-corrected chi connectivity index (χ1v) is 9.48. The maximum atomic E-state index is 12.5. The van der Waals surface area contributed by atoms with E-state index in [4.69, 9.17) is 4.74 Å². The van der Waals surface area contributed by atoms with Crippen LogP contribution >= 0.6 is 0 Å². The molecule has 2 N–H and O–H groups in total. The van der Waals surface area contributed by atoms with Crippen LogP contribution < -0.4 is 5.32 Å². The van der Waals surface area contributed by atoms with Gasteiger partial charge in [0.15, 0.2) is 5.82 Å². The minimum Gasteiger partial charge on any atom is -0.378 e. The predicted octanol–water partition coefficient (Wildman–Crippen LogP) is 1.37. The molecule has 28 heavy (non-hydrogen) atoms. The molecule has 0 saturated heterocycles. The fourth-order valence-electron chi connectivity index (χ4n) is 4.51. The van der Waals surface area contributed by atoms with Crippen molar-refractivity contribution in [3.63, 3.8) is 0 Å². The van der Waals surface area contributed by atoms with E-state index >= 15 is 0 Å². The second-order valence-corrected chi connectivity index (χ2v) is 7.99. The van der Waals surface area contributed by atoms with Gasteiger partial charge in [-0.05, 0) is 30.7 Å².